The molecule has 0 bridgehead atoms. The van der Waals surface area contributed by atoms with E-state index < -0.39 is 0 Å². The van der Waals surface area contributed by atoms with Crippen molar-refractivity contribution in [1.82, 2.24) is 9.97 Å². The summed E-state index contributed by atoms with van der Waals surface area (Å²) in [4.78, 5) is 20.8. The molecule has 0 saturated carbocycles. The fourth-order valence-corrected chi connectivity index (χ4v) is 2.10. The maximum atomic E-state index is 12.4. The summed E-state index contributed by atoms with van der Waals surface area (Å²) in [7, 11) is 0. The van der Waals surface area contributed by atoms with Gasteiger partial charge < -0.3 is 11.1 Å². The number of amides is 1. The molecule has 0 saturated heterocycles. The molecule has 5 heteroatoms. The summed E-state index contributed by atoms with van der Waals surface area (Å²) in [5, 5.41) is 3.60. The van der Waals surface area contributed by atoms with Crippen molar-refractivity contribution < 1.29 is 4.79 Å². The summed E-state index contributed by atoms with van der Waals surface area (Å²) in [5.41, 5.74) is 7.80. The second-order valence-electron chi connectivity index (χ2n) is 4.59. The van der Waals surface area contributed by atoms with Crippen LogP contribution in [0.5, 0.6) is 0 Å². The average Bonchev–Trinajstić information content (AvgIpc) is 2.55. The van der Waals surface area contributed by atoms with E-state index in [0.717, 1.165) is 16.5 Å². The summed E-state index contributed by atoms with van der Waals surface area (Å²) in [6.07, 6.45) is 3.36. The van der Waals surface area contributed by atoms with Crippen molar-refractivity contribution in [3.63, 3.8) is 0 Å². The number of benzene rings is 1. The minimum absolute atomic E-state index is 0.207. The van der Waals surface area contributed by atoms with Crippen molar-refractivity contribution in [2.75, 3.05) is 5.32 Å². The highest BCUT2D eigenvalue weighted by atomic mass is 16.1. The van der Waals surface area contributed by atoms with Gasteiger partial charge in [-0.15, -0.1) is 0 Å². The lowest BCUT2D eigenvalue weighted by Crippen LogP contribution is -2.13. The van der Waals surface area contributed by atoms with Gasteiger partial charge in [-0.05, 0) is 29.8 Å². The zero-order valence-corrected chi connectivity index (χ0v) is 11.3. The second-order valence-corrected chi connectivity index (χ2v) is 4.59. The number of hydrogen-bond acceptors (Lipinski definition) is 4. The lowest BCUT2D eigenvalue weighted by Gasteiger charge is -2.07. The van der Waals surface area contributed by atoms with E-state index in [0.29, 0.717) is 17.9 Å². The number of fused-ring (bicyclic) bond motifs is 1. The van der Waals surface area contributed by atoms with Crippen molar-refractivity contribution in [3.8, 4) is 0 Å². The Bertz CT molecular complexity index is 778. The van der Waals surface area contributed by atoms with Crippen LogP contribution in [0.15, 0.2) is 54.9 Å². The van der Waals surface area contributed by atoms with E-state index in [1.807, 2.05) is 30.3 Å². The van der Waals surface area contributed by atoms with Crippen LogP contribution in [-0.4, -0.2) is 15.9 Å². The van der Waals surface area contributed by atoms with Crippen molar-refractivity contribution in [2.45, 2.75) is 6.54 Å². The lowest BCUT2D eigenvalue weighted by atomic mass is 10.1. The predicted octanol–water partition coefficient (Wildman–Crippen LogP) is 2.34. The number of nitrogens with one attached hydrogen (secondary N) is 1. The van der Waals surface area contributed by atoms with Crippen LogP contribution in [0.1, 0.15) is 15.9 Å². The van der Waals surface area contributed by atoms with Crippen LogP contribution in [0.25, 0.3) is 10.9 Å². The molecular formula is C16H14N4O. The van der Waals surface area contributed by atoms with E-state index in [-0.39, 0.29) is 5.91 Å². The van der Waals surface area contributed by atoms with Crippen LogP contribution in [0.3, 0.4) is 0 Å². The first kappa shape index (κ1) is 13.2. The van der Waals surface area contributed by atoms with Gasteiger partial charge >= 0.3 is 0 Å². The summed E-state index contributed by atoms with van der Waals surface area (Å²) in [6, 6.07) is 12.7. The molecule has 0 fully saturated rings. The molecule has 1 aromatic carbocycles. The Kier molecular flexibility index (Phi) is 3.57. The zero-order valence-electron chi connectivity index (χ0n) is 11.3. The van der Waals surface area contributed by atoms with Gasteiger partial charge in [-0.3, -0.25) is 9.78 Å². The quantitative estimate of drug-likeness (QED) is 0.770. The second kappa shape index (κ2) is 5.68. The minimum atomic E-state index is -0.207. The minimum Gasteiger partial charge on any atom is -0.326 e. The molecule has 1 amide bonds. The third kappa shape index (κ3) is 2.73. The molecule has 2 heterocycles. The highest BCUT2D eigenvalue weighted by molar-refractivity contribution is 6.12. The van der Waals surface area contributed by atoms with Gasteiger partial charge in [-0.1, -0.05) is 18.2 Å². The van der Waals surface area contributed by atoms with Crippen LogP contribution in [0.2, 0.25) is 0 Å². The van der Waals surface area contributed by atoms with E-state index in [2.05, 4.69) is 15.3 Å². The Morgan fingerprint density at radius 2 is 2.00 bits per heavy atom. The topological polar surface area (TPSA) is 80.9 Å². The molecule has 0 unspecified atom stereocenters. The highest BCUT2D eigenvalue weighted by Gasteiger charge is 2.10. The smallest absolute Gasteiger partial charge is 0.257 e. The van der Waals surface area contributed by atoms with Gasteiger partial charge in [0.2, 0.25) is 0 Å². The van der Waals surface area contributed by atoms with Gasteiger partial charge in [0, 0.05) is 29.9 Å². The summed E-state index contributed by atoms with van der Waals surface area (Å²) < 4.78 is 0. The average molecular weight is 278 g/mol. The molecule has 3 aromatic rings. The van der Waals surface area contributed by atoms with Gasteiger partial charge in [0.05, 0.1) is 5.52 Å². The van der Waals surface area contributed by atoms with Crippen LogP contribution in [0.4, 0.5) is 5.82 Å². The summed E-state index contributed by atoms with van der Waals surface area (Å²) in [6.45, 7) is 0.427. The monoisotopic (exact) mass is 278 g/mol. The molecule has 2 aromatic heterocycles. The molecule has 5 nitrogen and oxygen atoms in total. The first-order chi connectivity index (χ1) is 10.3. The number of aromatic nitrogens is 2. The van der Waals surface area contributed by atoms with Crippen LogP contribution in [-0.2, 0) is 6.54 Å². The fraction of sp³-hybridized carbons (Fsp3) is 0.0625. The number of hydrogen-bond donors (Lipinski definition) is 2. The van der Waals surface area contributed by atoms with Crippen LogP contribution < -0.4 is 11.1 Å². The molecule has 0 aliphatic heterocycles. The number of rotatable bonds is 3. The maximum absolute atomic E-state index is 12.4. The molecule has 0 aliphatic rings. The largest absolute Gasteiger partial charge is 0.326 e. The van der Waals surface area contributed by atoms with E-state index >= 15 is 0 Å². The number of anilines is 1. The molecule has 0 radical (unpaired) electrons. The third-order valence-corrected chi connectivity index (χ3v) is 3.19. The zero-order chi connectivity index (χ0) is 14.7. The summed E-state index contributed by atoms with van der Waals surface area (Å²) in [5.74, 6) is 0.291. The maximum Gasteiger partial charge on any atom is 0.257 e. The van der Waals surface area contributed by atoms with Crippen LogP contribution >= 0.6 is 0 Å². The number of nitrogens with zero attached hydrogens (tertiary/aromatic N) is 2. The Labute approximate surface area is 121 Å². The highest BCUT2D eigenvalue weighted by Crippen LogP contribution is 2.17. The van der Waals surface area contributed by atoms with Crippen molar-refractivity contribution in [1.29, 1.82) is 0 Å². The van der Waals surface area contributed by atoms with Crippen molar-refractivity contribution in [3.05, 3.63) is 66.0 Å². The van der Waals surface area contributed by atoms with E-state index in [1.165, 1.54) is 0 Å². The Morgan fingerprint density at radius 3 is 2.76 bits per heavy atom. The molecule has 21 heavy (non-hydrogen) atoms. The molecule has 0 aliphatic carbocycles. The normalized spacial score (nSPS) is 10.5. The molecule has 0 atom stereocenters. The molecular weight excluding hydrogens is 264 g/mol. The fourth-order valence-electron chi connectivity index (χ4n) is 2.10. The molecule has 3 rings (SSSR count). The van der Waals surface area contributed by atoms with E-state index in [9.17, 15) is 4.79 Å². The Balaban J connectivity index is 1.90. The predicted molar refractivity (Wildman–Crippen MR) is 81.8 cm³/mol. The number of pyridine rings is 2. The SMILES string of the molecule is NCc1ccc(NC(=O)c2cccc3ncccc23)nc1. The first-order valence-electron chi connectivity index (χ1n) is 6.58. The van der Waals surface area contributed by atoms with Gasteiger partial charge in [-0.2, -0.15) is 0 Å². The summed E-state index contributed by atoms with van der Waals surface area (Å²) >= 11 is 0. The van der Waals surface area contributed by atoms with Gasteiger partial charge in [0.15, 0.2) is 0 Å². The molecule has 104 valence electrons. The number of carbonyl (C=O) groups excluding carboxylic acids is 1. The number of nitrogens with two attached hydrogens (primary N) is 1. The Hall–Kier alpha value is -2.79. The Morgan fingerprint density at radius 1 is 1.10 bits per heavy atom. The standard InChI is InChI=1S/C16H14N4O/c17-9-11-6-7-15(19-10-11)20-16(21)13-3-1-5-14-12(13)4-2-8-18-14/h1-8,10H,9,17H2,(H,19,20,21). The third-order valence-electron chi connectivity index (χ3n) is 3.19. The van der Waals surface area contributed by atoms with Gasteiger partial charge in [-0.25, -0.2) is 4.98 Å². The van der Waals surface area contributed by atoms with Crippen molar-refractivity contribution in [2.24, 2.45) is 5.73 Å². The van der Waals surface area contributed by atoms with E-state index in [1.54, 1.807) is 24.5 Å². The molecule has 0 spiro atoms. The molecule has 3 N–H and O–H groups in total. The van der Waals surface area contributed by atoms with Crippen LogP contribution in [0, 0.1) is 0 Å². The lowest BCUT2D eigenvalue weighted by molar-refractivity contribution is 0.102. The van der Waals surface area contributed by atoms with Gasteiger partial charge in [0.25, 0.3) is 5.91 Å². The number of carbonyl (C=O) groups is 1. The first-order valence-corrected chi connectivity index (χ1v) is 6.58. The van der Waals surface area contributed by atoms with Crippen molar-refractivity contribution >= 4 is 22.6 Å². The van der Waals surface area contributed by atoms with E-state index in [4.69, 9.17) is 5.73 Å². The van der Waals surface area contributed by atoms with Gasteiger partial charge in [0.1, 0.15) is 5.82 Å².